The van der Waals surface area contributed by atoms with Gasteiger partial charge in [-0.3, -0.25) is 10.1 Å². The van der Waals surface area contributed by atoms with Crippen molar-refractivity contribution in [1.82, 2.24) is 15.2 Å². The van der Waals surface area contributed by atoms with E-state index >= 15 is 0 Å². The normalized spacial score (nSPS) is 10.1. The Balaban J connectivity index is 1.89. The van der Waals surface area contributed by atoms with Crippen LogP contribution < -0.4 is 10.1 Å². The van der Waals surface area contributed by atoms with Crippen molar-refractivity contribution in [3.63, 3.8) is 0 Å². The van der Waals surface area contributed by atoms with E-state index in [2.05, 4.69) is 20.5 Å². The first kappa shape index (κ1) is 12.1. The number of ether oxygens (including phenoxy) is 1. The standard InChI is InChI=1S/C12H14N4O2/c1-8-3-9(2)5-10(4-8)18-6-11(17)15-12-13-7-14-16-12/h3-5,7H,6H2,1-2H3,(H2,13,14,15,16,17). The van der Waals surface area contributed by atoms with Crippen molar-refractivity contribution in [2.45, 2.75) is 13.8 Å². The molecule has 2 N–H and O–H groups in total. The number of benzene rings is 1. The number of H-pyrrole nitrogens is 1. The first-order valence-corrected chi connectivity index (χ1v) is 5.50. The Morgan fingerprint density at radius 3 is 2.67 bits per heavy atom. The van der Waals surface area contributed by atoms with Gasteiger partial charge in [-0.1, -0.05) is 6.07 Å². The molecule has 0 aliphatic carbocycles. The Morgan fingerprint density at radius 2 is 2.06 bits per heavy atom. The van der Waals surface area contributed by atoms with Crippen LogP contribution in [0.2, 0.25) is 0 Å². The lowest BCUT2D eigenvalue weighted by molar-refractivity contribution is -0.118. The number of hydrogen-bond acceptors (Lipinski definition) is 4. The maximum Gasteiger partial charge on any atom is 0.264 e. The van der Waals surface area contributed by atoms with Gasteiger partial charge in [-0.15, -0.1) is 0 Å². The van der Waals surface area contributed by atoms with E-state index in [4.69, 9.17) is 4.74 Å². The Morgan fingerprint density at radius 1 is 1.33 bits per heavy atom. The van der Waals surface area contributed by atoms with Crippen LogP contribution in [0.15, 0.2) is 24.5 Å². The third-order valence-corrected chi connectivity index (χ3v) is 2.24. The summed E-state index contributed by atoms with van der Waals surface area (Å²) in [7, 11) is 0. The lowest BCUT2D eigenvalue weighted by Gasteiger charge is -2.07. The van der Waals surface area contributed by atoms with Crippen LogP contribution in [0, 0.1) is 13.8 Å². The van der Waals surface area contributed by atoms with Crippen molar-refractivity contribution in [2.24, 2.45) is 0 Å². The predicted octanol–water partition coefficient (Wildman–Crippen LogP) is 1.44. The number of hydrogen-bond donors (Lipinski definition) is 2. The maximum absolute atomic E-state index is 11.5. The molecule has 0 atom stereocenters. The van der Waals surface area contributed by atoms with Crippen molar-refractivity contribution >= 4 is 11.9 Å². The summed E-state index contributed by atoms with van der Waals surface area (Å²) in [5, 5.41) is 8.69. The number of nitrogens with zero attached hydrogens (tertiary/aromatic N) is 2. The number of aromatic nitrogens is 3. The Bertz CT molecular complexity index is 517. The van der Waals surface area contributed by atoms with Gasteiger partial charge in [-0.25, -0.2) is 5.10 Å². The molecule has 2 rings (SSSR count). The van der Waals surface area contributed by atoms with Gasteiger partial charge in [0.2, 0.25) is 5.95 Å². The lowest BCUT2D eigenvalue weighted by Crippen LogP contribution is -2.20. The molecule has 1 aromatic heterocycles. The van der Waals surface area contributed by atoms with Crippen LogP contribution >= 0.6 is 0 Å². The predicted molar refractivity (Wildman–Crippen MR) is 66.4 cm³/mol. The van der Waals surface area contributed by atoms with Crippen LogP contribution in [-0.2, 0) is 4.79 Å². The quantitative estimate of drug-likeness (QED) is 0.855. The lowest BCUT2D eigenvalue weighted by atomic mass is 10.1. The smallest absolute Gasteiger partial charge is 0.264 e. The van der Waals surface area contributed by atoms with Crippen molar-refractivity contribution in [1.29, 1.82) is 0 Å². The number of rotatable bonds is 4. The van der Waals surface area contributed by atoms with E-state index in [0.29, 0.717) is 11.7 Å². The fourth-order valence-corrected chi connectivity index (χ4v) is 1.60. The second-order valence-electron chi connectivity index (χ2n) is 3.99. The summed E-state index contributed by atoms with van der Waals surface area (Å²) in [5.74, 6) is 0.704. The van der Waals surface area contributed by atoms with Gasteiger partial charge in [0.1, 0.15) is 12.1 Å². The van der Waals surface area contributed by atoms with Crippen LogP contribution in [0.5, 0.6) is 5.75 Å². The molecule has 0 aliphatic heterocycles. The van der Waals surface area contributed by atoms with Gasteiger partial charge in [-0.2, -0.15) is 10.1 Å². The summed E-state index contributed by atoms with van der Waals surface area (Å²) < 4.78 is 5.40. The SMILES string of the molecule is Cc1cc(C)cc(OCC(=O)Nc2ncn[nH]2)c1. The van der Waals surface area contributed by atoms with Crippen LogP contribution in [0.1, 0.15) is 11.1 Å². The summed E-state index contributed by atoms with van der Waals surface area (Å²) in [6.07, 6.45) is 1.32. The molecule has 0 fully saturated rings. The topological polar surface area (TPSA) is 79.9 Å². The Hall–Kier alpha value is -2.37. The fourth-order valence-electron chi connectivity index (χ4n) is 1.60. The van der Waals surface area contributed by atoms with Crippen molar-refractivity contribution in [3.05, 3.63) is 35.7 Å². The van der Waals surface area contributed by atoms with Gasteiger partial charge in [0.15, 0.2) is 6.61 Å². The van der Waals surface area contributed by atoms with Crippen LogP contribution in [-0.4, -0.2) is 27.7 Å². The zero-order valence-corrected chi connectivity index (χ0v) is 10.2. The Labute approximate surface area is 104 Å². The van der Waals surface area contributed by atoms with E-state index in [0.717, 1.165) is 11.1 Å². The van der Waals surface area contributed by atoms with Gasteiger partial charge in [0.05, 0.1) is 0 Å². The molecule has 0 saturated carbocycles. The molecule has 1 amide bonds. The number of aryl methyl sites for hydroxylation is 2. The van der Waals surface area contributed by atoms with Gasteiger partial charge in [-0.05, 0) is 37.1 Å². The van der Waals surface area contributed by atoms with Crippen LogP contribution in [0.25, 0.3) is 0 Å². The number of amides is 1. The molecule has 0 spiro atoms. The van der Waals surface area contributed by atoms with E-state index in [9.17, 15) is 4.79 Å². The summed E-state index contributed by atoms with van der Waals surface area (Å²) in [6, 6.07) is 5.81. The molecule has 0 saturated heterocycles. The minimum absolute atomic E-state index is 0.0659. The summed E-state index contributed by atoms with van der Waals surface area (Å²) in [5.41, 5.74) is 2.20. The molecule has 1 heterocycles. The van der Waals surface area contributed by atoms with Crippen LogP contribution in [0.4, 0.5) is 5.95 Å². The number of carbonyl (C=O) groups is 1. The summed E-state index contributed by atoms with van der Waals surface area (Å²) in [6.45, 7) is 3.90. The number of carbonyl (C=O) groups excluding carboxylic acids is 1. The molecular weight excluding hydrogens is 232 g/mol. The highest BCUT2D eigenvalue weighted by molar-refractivity contribution is 5.90. The molecule has 0 bridgehead atoms. The largest absolute Gasteiger partial charge is 0.484 e. The monoisotopic (exact) mass is 246 g/mol. The minimum atomic E-state index is -0.286. The number of anilines is 1. The number of aromatic amines is 1. The average Bonchev–Trinajstić information content (AvgIpc) is 2.78. The Kier molecular flexibility index (Phi) is 3.57. The fraction of sp³-hybridized carbons (Fsp3) is 0.250. The molecule has 2 aromatic rings. The van der Waals surface area contributed by atoms with Gasteiger partial charge < -0.3 is 4.74 Å². The van der Waals surface area contributed by atoms with Crippen molar-refractivity contribution < 1.29 is 9.53 Å². The highest BCUT2D eigenvalue weighted by Crippen LogP contribution is 2.15. The van der Waals surface area contributed by atoms with Gasteiger partial charge >= 0.3 is 0 Å². The second kappa shape index (κ2) is 5.31. The molecule has 0 aliphatic rings. The van der Waals surface area contributed by atoms with E-state index in [1.54, 1.807) is 0 Å². The summed E-state index contributed by atoms with van der Waals surface area (Å²) >= 11 is 0. The first-order chi connectivity index (χ1) is 8.63. The zero-order chi connectivity index (χ0) is 13.0. The minimum Gasteiger partial charge on any atom is -0.484 e. The number of nitrogens with one attached hydrogen (secondary N) is 2. The maximum atomic E-state index is 11.5. The van der Waals surface area contributed by atoms with E-state index < -0.39 is 0 Å². The molecule has 1 aromatic carbocycles. The average molecular weight is 246 g/mol. The van der Waals surface area contributed by atoms with Gasteiger partial charge in [0, 0.05) is 0 Å². The van der Waals surface area contributed by atoms with Crippen LogP contribution in [0.3, 0.4) is 0 Å². The van der Waals surface area contributed by atoms with Crippen molar-refractivity contribution in [2.75, 3.05) is 11.9 Å². The highest BCUT2D eigenvalue weighted by atomic mass is 16.5. The van der Waals surface area contributed by atoms with E-state index in [1.807, 2.05) is 32.0 Å². The first-order valence-electron chi connectivity index (χ1n) is 5.50. The molecule has 18 heavy (non-hydrogen) atoms. The van der Waals surface area contributed by atoms with E-state index in [1.165, 1.54) is 6.33 Å². The molecule has 6 nitrogen and oxygen atoms in total. The van der Waals surface area contributed by atoms with E-state index in [-0.39, 0.29) is 12.5 Å². The second-order valence-corrected chi connectivity index (χ2v) is 3.99. The molecule has 0 radical (unpaired) electrons. The van der Waals surface area contributed by atoms with Crippen molar-refractivity contribution in [3.8, 4) is 5.75 Å². The summed E-state index contributed by atoms with van der Waals surface area (Å²) in [4.78, 5) is 15.3. The third kappa shape index (κ3) is 3.31. The zero-order valence-electron chi connectivity index (χ0n) is 10.2. The van der Waals surface area contributed by atoms with Gasteiger partial charge in [0.25, 0.3) is 5.91 Å². The molecular formula is C12H14N4O2. The third-order valence-electron chi connectivity index (χ3n) is 2.24. The molecule has 94 valence electrons. The molecule has 0 unspecified atom stereocenters. The molecule has 6 heteroatoms. The highest BCUT2D eigenvalue weighted by Gasteiger charge is 2.05.